The Morgan fingerprint density at radius 1 is 1.50 bits per heavy atom. The van der Waals surface area contributed by atoms with Gasteiger partial charge in [-0.05, 0) is 6.42 Å². The third-order valence-corrected chi connectivity index (χ3v) is 2.86. The van der Waals surface area contributed by atoms with E-state index in [2.05, 4.69) is 10.3 Å². The second-order valence-corrected chi connectivity index (χ2v) is 4.25. The molecule has 0 unspecified atom stereocenters. The first kappa shape index (κ1) is 14.6. The normalized spacial score (nSPS) is 11.3. The van der Waals surface area contributed by atoms with Crippen LogP contribution in [0.25, 0.3) is 0 Å². The predicted octanol–water partition coefficient (Wildman–Crippen LogP) is 1.19. The van der Waals surface area contributed by atoms with Crippen LogP contribution in [-0.2, 0) is 0 Å². The fourth-order valence-corrected chi connectivity index (χ4v) is 1.57. The molecule has 100 valence electrons. The Kier molecular flexibility index (Phi) is 4.83. The third-order valence-electron chi connectivity index (χ3n) is 2.67. The van der Waals surface area contributed by atoms with Crippen molar-refractivity contribution >= 4 is 23.1 Å². The SMILES string of the molecule is CCC(CO)(CO)Nc1cc([N+](=O)[O-])cc(Cl)n1. The fraction of sp³-hybridized carbons (Fsp3) is 0.500. The van der Waals surface area contributed by atoms with E-state index in [9.17, 15) is 20.3 Å². The van der Waals surface area contributed by atoms with Crippen molar-refractivity contribution in [2.75, 3.05) is 18.5 Å². The van der Waals surface area contributed by atoms with Crippen LogP contribution in [0.2, 0.25) is 5.15 Å². The minimum Gasteiger partial charge on any atom is -0.394 e. The van der Waals surface area contributed by atoms with Crippen LogP contribution in [-0.4, -0.2) is 38.9 Å². The van der Waals surface area contributed by atoms with Gasteiger partial charge in [-0.15, -0.1) is 0 Å². The number of aliphatic hydroxyl groups excluding tert-OH is 2. The van der Waals surface area contributed by atoms with Gasteiger partial charge >= 0.3 is 0 Å². The second kappa shape index (κ2) is 5.94. The Hall–Kier alpha value is -1.44. The summed E-state index contributed by atoms with van der Waals surface area (Å²) in [4.78, 5) is 14.0. The van der Waals surface area contributed by atoms with Crippen molar-refractivity contribution in [2.45, 2.75) is 18.9 Å². The lowest BCUT2D eigenvalue weighted by molar-refractivity contribution is -0.384. The maximum Gasteiger partial charge on any atom is 0.276 e. The number of pyridine rings is 1. The first-order valence-electron chi connectivity index (χ1n) is 5.28. The van der Waals surface area contributed by atoms with E-state index in [4.69, 9.17) is 11.6 Å². The molecule has 1 aromatic rings. The Morgan fingerprint density at radius 3 is 2.56 bits per heavy atom. The lowest BCUT2D eigenvalue weighted by Gasteiger charge is -2.30. The van der Waals surface area contributed by atoms with E-state index in [-0.39, 0.29) is 29.9 Å². The zero-order chi connectivity index (χ0) is 13.8. The summed E-state index contributed by atoms with van der Waals surface area (Å²) in [5, 5.41) is 32.0. The van der Waals surface area contributed by atoms with Gasteiger partial charge in [-0.1, -0.05) is 18.5 Å². The Morgan fingerprint density at radius 2 is 2.11 bits per heavy atom. The van der Waals surface area contributed by atoms with Gasteiger partial charge in [0.05, 0.1) is 35.8 Å². The molecule has 0 aliphatic carbocycles. The standard InChI is InChI=1S/C10H14ClN3O4/c1-2-10(5-15,6-16)13-9-4-7(14(17)18)3-8(11)12-9/h3-4,15-16H,2,5-6H2,1H3,(H,12,13). The molecule has 0 aliphatic rings. The Labute approximate surface area is 109 Å². The van der Waals surface area contributed by atoms with Crippen LogP contribution in [0, 0.1) is 10.1 Å². The van der Waals surface area contributed by atoms with Crippen molar-refractivity contribution in [3.8, 4) is 0 Å². The maximum atomic E-state index is 10.7. The number of halogens is 1. The summed E-state index contributed by atoms with van der Waals surface area (Å²) >= 11 is 5.67. The molecule has 0 saturated heterocycles. The first-order valence-corrected chi connectivity index (χ1v) is 5.66. The Balaban J connectivity index is 3.06. The van der Waals surface area contributed by atoms with Gasteiger partial charge in [0, 0.05) is 0 Å². The molecule has 0 radical (unpaired) electrons. The molecule has 1 aromatic heterocycles. The van der Waals surface area contributed by atoms with E-state index in [1.54, 1.807) is 6.92 Å². The van der Waals surface area contributed by atoms with Gasteiger partial charge in [0.25, 0.3) is 5.69 Å². The molecule has 0 aliphatic heterocycles. The van der Waals surface area contributed by atoms with Gasteiger partial charge < -0.3 is 15.5 Å². The number of anilines is 1. The Bertz CT molecular complexity index is 429. The highest BCUT2D eigenvalue weighted by Gasteiger charge is 2.27. The summed E-state index contributed by atoms with van der Waals surface area (Å²) in [5.41, 5.74) is -1.19. The van der Waals surface area contributed by atoms with E-state index >= 15 is 0 Å². The second-order valence-electron chi connectivity index (χ2n) is 3.87. The number of hydrogen-bond donors (Lipinski definition) is 3. The van der Waals surface area contributed by atoms with Crippen LogP contribution in [0.15, 0.2) is 12.1 Å². The molecule has 1 rings (SSSR count). The van der Waals surface area contributed by atoms with E-state index in [0.29, 0.717) is 6.42 Å². The number of nitrogens with one attached hydrogen (secondary N) is 1. The van der Waals surface area contributed by atoms with Crippen molar-refractivity contribution in [3.63, 3.8) is 0 Å². The number of aliphatic hydroxyl groups is 2. The molecule has 7 nitrogen and oxygen atoms in total. The van der Waals surface area contributed by atoms with Crippen LogP contribution < -0.4 is 5.32 Å². The van der Waals surface area contributed by atoms with Crippen LogP contribution in [0.5, 0.6) is 0 Å². The molecule has 0 bridgehead atoms. The minimum absolute atomic E-state index is 0.0346. The molecule has 0 aromatic carbocycles. The maximum absolute atomic E-state index is 10.7. The molecule has 0 saturated carbocycles. The quantitative estimate of drug-likeness (QED) is 0.409. The average Bonchev–Trinajstić information content (AvgIpc) is 2.35. The minimum atomic E-state index is -0.981. The molecular weight excluding hydrogens is 262 g/mol. The molecule has 0 atom stereocenters. The van der Waals surface area contributed by atoms with Crippen molar-refractivity contribution in [1.82, 2.24) is 4.98 Å². The summed E-state index contributed by atoms with van der Waals surface area (Å²) in [7, 11) is 0. The van der Waals surface area contributed by atoms with E-state index in [1.165, 1.54) is 6.07 Å². The molecule has 0 fully saturated rings. The number of hydrogen-bond acceptors (Lipinski definition) is 6. The van der Waals surface area contributed by atoms with Gasteiger partial charge in [0.2, 0.25) is 0 Å². The summed E-state index contributed by atoms with van der Waals surface area (Å²) < 4.78 is 0. The molecule has 8 heteroatoms. The van der Waals surface area contributed by atoms with E-state index < -0.39 is 10.5 Å². The first-order chi connectivity index (χ1) is 8.46. The van der Waals surface area contributed by atoms with Crippen molar-refractivity contribution in [3.05, 3.63) is 27.4 Å². The summed E-state index contributed by atoms with van der Waals surface area (Å²) in [6.45, 7) is 1.10. The molecular formula is C10H14ClN3O4. The van der Waals surface area contributed by atoms with Crippen molar-refractivity contribution in [1.29, 1.82) is 0 Å². The zero-order valence-corrected chi connectivity index (χ0v) is 10.5. The zero-order valence-electron chi connectivity index (χ0n) is 9.76. The van der Waals surface area contributed by atoms with E-state index in [0.717, 1.165) is 6.07 Å². The van der Waals surface area contributed by atoms with Gasteiger partial charge in [0.15, 0.2) is 0 Å². The van der Waals surface area contributed by atoms with Gasteiger partial charge in [-0.3, -0.25) is 10.1 Å². The smallest absolute Gasteiger partial charge is 0.276 e. The molecule has 18 heavy (non-hydrogen) atoms. The molecule has 3 N–H and O–H groups in total. The monoisotopic (exact) mass is 275 g/mol. The highest BCUT2D eigenvalue weighted by Crippen LogP contribution is 2.24. The molecule has 0 spiro atoms. The number of aromatic nitrogens is 1. The van der Waals surface area contributed by atoms with Crippen LogP contribution in [0.1, 0.15) is 13.3 Å². The third kappa shape index (κ3) is 3.28. The van der Waals surface area contributed by atoms with Crippen LogP contribution >= 0.6 is 11.6 Å². The van der Waals surface area contributed by atoms with Crippen LogP contribution in [0.3, 0.4) is 0 Å². The molecule has 0 amide bonds. The predicted molar refractivity (Wildman–Crippen MR) is 66.7 cm³/mol. The topological polar surface area (TPSA) is 109 Å². The van der Waals surface area contributed by atoms with Gasteiger partial charge in [-0.25, -0.2) is 4.98 Å². The lowest BCUT2D eigenvalue weighted by Crippen LogP contribution is -2.45. The highest BCUT2D eigenvalue weighted by molar-refractivity contribution is 6.29. The molecule has 1 heterocycles. The van der Waals surface area contributed by atoms with Crippen molar-refractivity contribution < 1.29 is 15.1 Å². The number of nitro groups is 1. The highest BCUT2D eigenvalue weighted by atomic mass is 35.5. The largest absolute Gasteiger partial charge is 0.394 e. The van der Waals surface area contributed by atoms with Crippen LogP contribution in [0.4, 0.5) is 11.5 Å². The van der Waals surface area contributed by atoms with E-state index in [1.807, 2.05) is 0 Å². The summed E-state index contributed by atoms with van der Waals surface area (Å²) in [6.07, 6.45) is 0.419. The average molecular weight is 276 g/mol. The lowest BCUT2D eigenvalue weighted by atomic mass is 9.98. The fourth-order valence-electron chi connectivity index (χ4n) is 1.37. The van der Waals surface area contributed by atoms with Crippen molar-refractivity contribution in [2.24, 2.45) is 0 Å². The summed E-state index contributed by atoms with van der Waals surface area (Å²) in [6, 6.07) is 2.32. The van der Waals surface area contributed by atoms with Gasteiger partial charge in [-0.2, -0.15) is 0 Å². The summed E-state index contributed by atoms with van der Waals surface area (Å²) in [5.74, 6) is 0.138. The van der Waals surface area contributed by atoms with Gasteiger partial charge in [0.1, 0.15) is 11.0 Å². The number of nitrogens with zero attached hydrogens (tertiary/aromatic N) is 2. The number of rotatable bonds is 6.